The molecule has 3 heteroatoms. The fourth-order valence-corrected chi connectivity index (χ4v) is 3.50. The first-order valence-corrected chi connectivity index (χ1v) is 8.15. The third kappa shape index (κ3) is 3.70. The summed E-state index contributed by atoms with van der Waals surface area (Å²) in [6, 6.07) is 6.46. The first kappa shape index (κ1) is 16.2. The monoisotopic (exact) mass is 291 g/mol. The van der Waals surface area contributed by atoms with E-state index in [1.807, 2.05) is 12.1 Å². The molecule has 0 saturated heterocycles. The second-order valence-electron chi connectivity index (χ2n) is 6.35. The lowest BCUT2D eigenvalue weighted by Gasteiger charge is -2.38. The van der Waals surface area contributed by atoms with E-state index in [0.717, 1.165) is 11.5 Å². The molecule has 1 aliphatic rings. The van der Waals surface area contributed by atoms with Gasteiger partial charge in [-0.2, -0.15) is 0 Å². The molecule has 0 amide bonds. The number of phenols is 1. The van der Waals surface area contributed by atoms with Crippen LogP contribution in [-0.4, -0.2) is 30.2 Å². The van der Waals surface area contributed by atoms with Crippen LogP contribution in [0.15, 0.2) is 18.2 Å². The minimum atomic E-state index is 0.221. The van der Waals surface area contributed by atoms with Crippen LogP contribution in [0.3, 0.4) is 0 Å². The van der Waals surface area contributed by atoms with Gasteiger partial charge in [-0.3, -0.25) is 4.90 Å². The van der Waals surface area contributed by atoms with Crippen molar-refractivity contribution in [1.29, 1.82) is 0 Å². The highest BCUT2D eigenvalue weighted by molar-refractivity contribution is 5.41. The standard InChI is InChI=1S/C18H29NO2/c1-5-14-6-8-15(9-7-14)19(3)13(2)17-11-10-16(21-4)12-18(17)20/h10-15,20H,5-9H2,1-4H3. The molecule has 0 aromatic heterocycles. The molecule has 0 aliphatic heterocycles. The normalized spacial score (nSPS) is 24.0. The van der Waals surface area contributed by atoms with Gasteiger partial charge in [0.1, 0.15) is 11.5 Å². The highest BCUT2D eigenvalue weighted by Crippen LogP contribution is 2.36. The zero-order chi connectivity index (χ0) is 15.4. The Morgan fingerprint density at radius 3 is 2.48 bits per heavy atom. The Hall–Kier alpha value is -1.22. The number of aromatic hydroxyl groups is 1. The van der Waals surface area contributed by atoms with Crippen molar-refractivity contribution < 1.29 is 9.84 Å². The molecule has 0 spiro atoms. The van der Waals surface area contributed by atoms with Crippen LogP contribution in [-0.2, 0) is 0 Å². The van der Waals surface area contributed by atoms with Crippen molar-refractivity contribution in [2.24, 2.45) is 5.92 Å². The van der Waals surface area contributed by atoms with E-state index < -0.39 is 0 Å². The lowest BCUT2D eigenvalue weighted by atomic mass is 9.83. The number of methoxy groups -OCH3 is 1. The molecule has 1 aromatic rings. The average molecular weight is 291 g/mol. The van der Waals surface area contributed by atoms with Crippen LogP contribution in [0.2, 0.25) is 0 Å². The van der Waals surface area contributed by atoms with Crippen LogP contribution < -0.4 is 4.74 Å². The highest BCUT2D eigenvalue weighted by atomic mass is 16.5. The number of ether oxygens (including phenoxy) is 1. The van der Waals surface area contributed by atoms with E-state index in [2.05, 4.69) is 25.8 Å². The van der Waals surface area contributed by atoms with Crippen molar-refractivity contribution in [2.45, 2.75) is 58.0 Å². The second kappa shape index (κ2) is 7.17. The fourth-order valence-electron chi connectivity index (χ4n) is 3.50. The molecular weight excluding hydrogens is 262 g/mol. The summed E-state index contributed by atoms with van der Waals surface area (Å²) in [6.07, 6.45) is 6.54. The Morgan fingerprint density at radius 2 is 1.95 bits per heavy atom. The first-order valence-electron chi connectivity index (χ1n) is 8.15. The maximum absolute atomic E-state index is 10.2. The molecule has 1 unspecified atom stereocenters. The second-order valence-corrected chi connectivity index (χ2v) is 6.35. The number of benzene rings is 1. The molecule has 0 radical (unpaired) electrons. The molecule has 2 rings (SSSR count). The summed E-state index contributed by atoms with van der Waals surface area (Å²) in [7, 11) is 3.81. The summed E-state index contributed by atoms with van der Waals surface area (Å²) in [5, 5.41) is 10.2. The fraction of sp³-hybridized carbons (Fsp3) is 0.667. The molecule has 3 nitrogen and oxygen atoms in total. The van der Waals surface area contributed by atoms with Gasteiger partial charge in [0.25, 0.3) is 0 Å². The van der Waals surface area contributed by atoms with Gasteiger partial charge in [-0.25, -0.2) is 0 Å². The van der Waals surface area contributed by atoms with Crippen LogP contribution in [0.1, 0.15) is 57.6 Å². The number of hydrogen-bond acceptors (Lipinski definition) is 3. The topological polar surface area (TPSA) is 32.7 Å². The summed E-state index contributed by atoms with van der Waals surface area (Å²) in [5.74, 6) is 1.95. The van der Waals surface area contributed by atoms with Crippen LogP contribution in [0.5, 0.6) is 11.5 Å². The van der Waals surface area contributed by atoms with E-state index in [1.165, 1.54) is 32.1 Å². The predicted molar refractivity (Wildman–Crippen MR) is 86.9 cm³/mol. The van der Waals surface area contributed by atoms with Gasteiger partial charge in [0.15, 0.2) is 0 Å². The van der Waals surface area contributed by atoms with Gasteiger partial charge in [0.05, 0.1) is 7.11 Å². The molecule has 1 aliphatic carbocycles. The average Bonchev–Trinajstić information content (AvgIpc) is 2.53. The van der Waals surface area contributed by atoms with Gasteiger partial charge in [0.2, 0.25) is 0 Å². The third-order valence-electron chi connectivity index (χ3n) is 5.27. The molecule has 21 heavy (non-hydrogen) atoms. The molecule has 1 saturated carbocycles. The van der Waals surface area contributed by atoms with Crippen molar-refractivity contribution in [1.82, 2.24) is 4.90 Å². The summed E-state index contributed by atoms with van der Waals surface area (Å²) < 4.78 is 5.16. The zero-order valence-corrected chi connectivity index (χ0v) is 13.8. The van der Waals surface area contributed by atoms with E-state index in [0.29, 0.717) is 17.5 Å². The summed E-state index contributed by atoms with van der Waals surface area (Å²) in [5.41, 5.74) is 0.982. The predicted octanol–water partition coefficient (Wildman–Crippen LogP) is 4.36. The molecule has 118 valence electrons. The Bertz CT molecular complexity index is 453. The van der Waals surface area contributed by atoms with Crippen LogP contribution in [0.25, 0.3) is 0 Å². The maximum Gasteiger partial charge on any atom is 0.124 e. The Balaban J connectivity index is 2.04. The Morgan fingerprint density at radius 1 is 1.29 bits per heavy atom. The SMILES string of the molecule is CCC1CCC(N(C)C(C)c2ccc(OC)cc2O)CC1. The molecule has 1 aromatic carbocycles. The molecular formula is C18H29NO2. The number of phenolic OH excluding ortho intramolecular Hbond substituents is 1. The van der Waals surface area contributed by atoms with Gasteiger partial charge in [-0.15, -0.1) is 0 Å². The van der Waals surface area contributed by atoms with Crippen LogP contribution in [0.4, 0.5) is 0 Å². The molecule has 1 atom stereocenters. The quantitative estimate of drug-likeness (QED) is 0.874. The van der Waals surface area contributed by atoms with Crippen LogP contribution in [0, 0.1) is 5.92 Å². The third-order valence-corrected chi connectivity index (χ3v) is 5.27. The maximum atomic E-state index is 10.2. The largest absolute Gasteiger partial charge is 0.507 e. The van der Waals surface area contributed by atoms with E-state index in [1.54, 1.807) is 13.2 Å². The van der Waals surface area contributed by atoms with E-state index in [4.69, 9.17) is 4.74 Å². The van der Waals surface area contributed by atoms with Gasteiger partial charge < -0.3 is 9.84 Å². The number of hydrogen-bond donors (Lipinski definition) is 1. The van der Waals surface area contributed by atoms with Crippen molar-refractivity contribution >= 4 is 0 Å². The highest BCUT2D eigenvalue weighted by Gasteiger charge is 2.27. The van der Waals surface area contributed by atoms with Gasteiger partial charge in [-0.1, -0.05) is 19.4 Å². The molecule has 0 heterocycles. The smallest absolute Gasteiger partial charge is 0.124 e. The summed E-state index contributed by atoms with van der Waals surface area (Å²) >= 11 is 0. The lowest BCUT2D eigenvalue weighted by Crippen LogP contribution is -2.36. The zero-order valence-electron chi connectivity index (χ0n) is 13.8. The molecule has 1 fully saturated rings. The van der Waals surface area contributed by atoms with Gasteiger partial charge in [0, 0.05) is 23.7 Å². The van der Waals surface area contributed by atoms with Crippen molar-refractivity contribution in [2.75, 3.05) is 14.2 Å². The number of rotatable bonds is 5. The minimum absolute atomic E-state index is 0.221. The first-order chi connectivity index (χ1) is 10.1. The van der Waals surface area contributed by atoms with Gasteiger partial charge in [-0.05, 0) is 51.6 Å². The van der Waals surface area contributed by atoms with E-state index in [-0.39, 0.29) is 6.04 Å². The van der Waals surface area contributed by atoms with Crippen molar-refractivity contribution in [3.05, 3.63) is 23.8 Å². The van der Waals surface area contributed by atoms with E-state index in [9.17, 15) is 5.11 Å². The molecule has 0 bridgehead atoms. The lowest BCUT2D eigenvalue weighted by molar-refractivity contribution is 0.125. The van der Waals surface area contributed by atoms with Crippen molar-refractivity contribution in [3.8, 4) is 11.5 Å². The summed E-state index contributed by atoms with van der Waals surface area (Å²) in [4.78, 5) is 2.42. The van der Waals surface area contributed by atoms with Gasteiger partial charge >= 0.3 is 0 Å². The van der Waals surface area contributed by atoms with Crippen LogP contribution >= 0.6 is 0 Å². The van der Waals surface area contributed by atoms with Crippen molar-refractivity contribution in [3.63, 3.8) is 0 Å². The van der Waals surface area contributed by atoms with E-state index >= 15 is 0 Å². The molecule has 1 N–H and O–H groups in total. The Labute approximate surface area is 128 Å². The number of nitrogens with zero attached hydrogens (tertiary/aromatic N) is 1. The minimum Gasteiger partial charge on any atom is -0.507 e. The summed E-state index contributed by atoms with van der Waals surface area (Å²) in [6.45, 7) is 4.47. The Kier molecular flexibility index (Phi) is 5.51.